The van der Waals surface area contributed by atoms with Gasteiger partial charge in [-0.1, -0.05) is 0 Å². The van der Waals surface area contributed by atoms with E-state index in [-0.39, 0.29) is 5.91 Å². The standard InChI is InChI=1S/C9H10N2O2/c1-13-8-3-2-6-7(11-8)4-5-10-9(6)12/h2-3H,4-5H2,1H3,(H,10,12). The summed E-state index contributed by atoms with van der Waals surface area (Å²) in [5.74, 6) is 0.518. The van der Waals surface area contributed by atoms with Crippen molar-refractivity contribution >= 4 is 5.91 Å². The van der Waals surface area contributed by atoms with Gasteiger partial charge in [-0.2, -0.15) is 0 Å². The van der Waals surface area contributed by atoms with Crippen molar-refractivity contribution in [2.75, 3.05) is 13.7 Å². The van der Waals surface area contributed by atoms with Crippen molar-refractivity contribution in [3.63, 3.8) is 0 Å². The topological polar surface area (TPSA) is 51.2 Å². The van der Waals surface area contributed by atoms with Crippen LogP contribution >= 0.6 is 0 Å². The number of hydrogen-bond donors (Lipinski definition) is 1. The van der Waals surface area contributed by atoms with Crippen LogP contribution in [0.2, 0.25) is 0 Å². The molecule has 4 nitrogen and oxygen atoms in total. The molecule has 2 rings (SSSR count). The summed E-state index contributed by atoms with van der Waals surface area (Å²) in [6, 6.07) is 3.44. The first-order valence-corrected chi connectivity index (χ1v) is 4.13. The van der Waals surface area contributed by atoms with Crippen molar-refractivity contribution in [3.05, 3.63) is 23.4 Å². The van der Waals surface area contributed by atoms with Crippen molar-refractivity contribution < 1.29 is 9.53 Å². The number of nitrogens with one attached hydrogen (secondary N) is 1. The minimum Gasteiger partial charge on any atom is -0.481 e. The van der Waals surface area contributed by atoms with Crippen LogP contribution in [-0.4, -0.2) is 24.5 Å². The van der Waals surface area contributed by atoms with E-state index in [4.69, 9.17) is 4.74 Å². The molecule has 0 atom stereocenters. The third-order valence-electron chi connectivity index (χ3n) is 2.05. The van der Waals surface area contributed by atoms with Gasteiger partial charge in [-0.25, -0.2) is 4.98 Å². The Morgan fingerprint density at radius 3 is 3.15 bits per heavy atom. The van der Waals surface area contributed by atoms with Crippen LogP contribution in [0, 0.1) is 0 Å². The van der Waals surface area contributed by atoms with Gasteiger partial charge in [0.1, 0.15) is 0 Å². The molecular weight excluding hydrogens is 168 g/mol. The molecule has 0 spiro atoms. The summed E-state index contributed by atoms with van der Waals surface area (Å²) in [4.78, 5) is 15.5. The number of nitrogens with zero attached hydrogens (tertiary/aromatic N) is 1. The number of rotatable bonds is 1. The van der Waals surface area contributed by atoms with E-state index in [0.717, 1.165) is 12.1 Å². The molecule has 1 aromatic heterocycles. The Morgan fingerprint density at radius 2 is 2.38 bits per heavy atom. The second-order valence-corrected chi connectivity index (χ2v) is 2.85. The van der Waals surface area contributed by atoms with Gasteiger partial charge in [-0.05, 0) is 6.07 Å². The Hall–Kier alpha value is -1.58. The predicted octanol–water partition coefficient (Wildman–Crippen LogP) is 0.376. The molecule has 0 aliphatic carbocycles. The molecule has 1 aliphatic heterocycles. The van der Waals surface area contributed by atoms with Crippen LogP contribution in [0.1, 0.15) is 16.1 Å². The summed E-state index contributed by atoms with van der Waals surface area (Å²) in [5.41, 5.74) is 1.48. The second-order valence-electron chi connectivity index (χ2n) is 2.85. The lowest BCUT2D eigenvalue weighted by Crippen LogP contribution is -2.32. The predicted molar refractivity (Wildman–Crippen MR) is 46.8 cm³/mol. The molecule has 4 heteroatoms. The zero-order chi connectivity index (χ0) is 9.26. The highest BCUT2D eigenvalue weighted by atomic mass is 16.5. The summed E-state index contributed by atoms with van der Waals surface area (Å²) in [6.45, 7) is 0.659. The summed E-state index contributed by atoms with van der Waals surface area (Å²) in [5, 5.41) is 2.76. The number of carbonyl (C=O) groups excluding carboxylic acids is 1. The van der Waals surface area contributed by atoms with Crippen molar-refractivity contribution in [2.24, 2.45) is 0 Å². The molecule has 0 radical (unpaired) electrons. The maximum Gasteiger partial charge on any atom is 0.253 e. The summed E-state index contributed by atoms with van der Waals surface area (Å²) >= 11 is 0. The largest absolute Gasteiger partial charge is 0.481 e. The molecular formula is C9H10N2O2. The fraction of sp³-hybridized carbons (Fsp3) is 0.333. The zero-order valence-electron chi connectivity index (χ0n) is 7.33. The third-order valence-corrected chi connectivity index (χ3v) is 2.05. The van der Waals surface area contributed by atoms with Crippen LogP contribution in [0.3, 0.4) is 0 Å². The highest BCUT2D eigenvalue weighted by Crippen LogP contribution is 2.15. The van der Waals surface area contributed by atoms with Crippen molar-refractivity contribution in [1.29, 1.82) is 0 Å². The van der Waals surface area contributed by atoms with E-state index in [2.05, 4.69) is 10.3 Å². The van der Waals surface area contributed by atoms with Gasteiger partial charge < -0.3 is 10.1 Å². The molecule has 1 aliphatic rings. The maximum absolute atomic E-state index is 11.3. The van der Waals surface area contributed by atoms with Crippen molar-refractivity contribution in [2.45, 2.75) is 6.42 Å². The van der Waals surface area contributed by atoms with E-state index >= 15 is 0 Å². The number of aromatic nitrogens is 1. The molecule has 13 heavy (non-hydrogen) atoms. The number of methoxy groups -OCH3 is 1. The van der Waals surface area contributed by atoms with Gasteiger partial charge in [-0.15, -0.1) is 0 Å². The SMILES string of the molecule is COc1ccc2c(n1)CCNC2=O. The molecule has 1 amide bonds. The number of pyridine rings is 1. The first-order valence-electron chi connectivity index (χ1n) is 4.13. The van der Waals surface area contributed by atoms with Crippen LogP contribution in [-0.2, 0) is 6.42 Å². The van der Waals surface area contributed by atoms with E-state index in [1.54, 1.807) is 19.2 Å². The van der Waals surface area contributed by atoms with Gasteiger partial charge >= 0.3 is 0 Å². The summed E-state index contributed by atoms with van der Waals surface area (Å²) < 4.78 is 4.97. The van der Waals surface area contributed by atoms with Crippen LogP contribution in [0.25, 0.3) is 0 Å². The number of carbonyl (C=O) groups is 1. The highest BCUT2D eigenvalue weighted by Gasteiger charge is 2.17. The van der Waals surface area contributed by atoms with E-state index in [1.165, 1.54) is 0 Å². The van der Waals surface area contributed by atoms with Gasteiger partial charge in [0.15, 0.2) is 0 Å². The molecule has 0 aromatic carbocycles. The average Bonchev–Trinajstić information content (AvgIpc) is 2.18. The van der Waals surface area contributed by atoms with Gasteiger partial charge in [0.2, 0.25) is 5.88 Å². The minimum atomic E-state index is -0.0450. The lowest BCUT2D eigenvalue weighted by Gasteiger charge is -2.15. The quantitative estimate of drug-likeness (QED) is 0.676. The highest BCUT2D eigenvalue weighted by molar-refractivity contribution is 5.96. The normalized spacial score (nSPS) is 14.7. The number of fused-ring (bicyclic) bond motifs is 1. The van der Waals surface area contributed by atoms with E-state index in [9.17, 15) is 4.79 Å². The molecule has 0 unspecified atom stereocenters. The maximum atomic E-state index is 11.3. The van der Waals surface area contributed by atoms with Crippen LogP contribution < -0.4 is 10.1 Å². The van der Waals surface area contributed by atoms with E-state index in [0.29, 0.717) is 18.0 Å². The van der Waals surface area contributed by atoms with Crippen LogP contribution in [0.4, 0.5) is 0 Å². The van der Waals surface area contributed by atoms with Gasteiger partial charge in [0.05, 0.1) is 18.4 Å². The molecule has 0 saturated heterocycles. The molecule has 2 heterocycles. The molecule has 68 valence electrons. The van der Waals surface area contributed by atoms with Gasteiger partial charge in [0.25, 0.3) is 5.91 Å². The fourth-order valence-corrected chi connectivity index (χ4v) is 1.38. The second kappa shape index (κ2) is 3.05. The number of ether oxygens (including phenoxy) is 1. The fourth-order valence-electron chi connectivity index (χ4n) is 1.38. The molecule has 0 saturated carbocycles. The summed E-state index contributed by atoms with van der Waals surface area (Å²) in [7, 11) is 1.57. The van der Waals surface area contributed by atoms with Gasteiger partial charge in [-0.3, -0.25) is 4.79 Å². The Morgan fingerprint density at radius 1 is 1.54 bits per heavy atom. The van der Waals surface area contributed by atoms with Crippen molar-refractivity contribution in [3.8, 4) is 5.88 Å². The molecule has 1 aromatic rings. The third kappa shape index (κ3) is 1.35. The minimum absolute atomic E-state index is 0.0450. The smallest absolute Gasteiger partial charge is 0.253 e. The lowest BCUT2D eigenvalue weighted by molar-refractivity contribution is 0.0945. The van der Waals surface area contributed by atoms with Crippen LogP contribution in [0.15, 0.2) is 12.1 Å². The van der Waals surface area contributed by atoms with Crippen LogP contribution in [0.5, 0.6) is 5.88 Å². The Balaban J connectivity index is 2.45. The van der Waals surface area contributed by atoms with Crippen molar-refractivity contribution in [1.82, 2.24) is 10.3 Å². The Labute approximate surface area is 75.9 Å². The first kappa shape index (κ1) is 8.04. The Kier molecular flexibility index (Phi) is 1.88. The van der Waals surface area contributed by atoms with E-state index in [1.807, 2.05) is 0 Å². The average molecular weight is 178 g/mol. The zero-order valence-corrected chi connectivity index (χ0v) is 7.33. The summed E-state index contributed by atoms with van der Waals surface area (Å²) in [6.07, 6.45) is 0.776. The number of amides is 1. The number of hydrogen-bond acceptors (Lipinski definition) is 3. The lowest BCUT2D eigenvalue weighted by atomic mass is 10.1. The molecule has 1 N–H and O–H groups in total. The van der Waals surface area contributed by atoms with Gasteiger partial charge in [0, 0.05) is 19.0 Å². The first-order chi connectivity index (χ1) is 6.31. The molecule has 0 fully saturated rings. The van der Waals surface area contributed by atoms with E-state index < -0.39 is 0 Å². The monoisotopic (exact) mass is 178 g/mol. The Bertz CT molecular complexity index is 349. The molecule has 0 bridgehead atoms.